The molecule has 1 amide bonds. The van der Waals surface area contributed by atoms with Crippen molar-refractivity contribution in [1.29, 1.82) is 0 Å². The Labute approximate surface area is 130 Å². The first-order valence-corrected chi connectivity index (χ1v) is 7.33. The summed E-state index contributed by atoms with van der Waals surface area (Å²) in [6.45, 7) is 6.29. The average Bonchev–Trinajstić information content (AvgIpc) is 2.45. The number of amides is 1. The number of piperidine rings is 1. The topological polar surface area (TPSA) is 82.1 Å². The summed E-state index contributed by atoms with van der Waals surface area (Å²) in [7, 11) is 2.49. The first kappa shape index (κ1) is 18.3. The average molecular weight is 315 g/mol. The number of nitrogens with zero attached hydrogens (tertiary/aromatic N) is 1. The third-order valence-corrected chi connectivity index (χ3v) is 3.57. The molecule has 0 atom stereocenters. The van der Waals surface area contributed by atoms with Crippen molar-refractivity contribution in [1.82, 2.24) is 4.90 Å². The zero-order valence-corrected chi connectivity index (χ0v) is 13.9. The molecule has 22 heavy (non-hydrogen) atoms. The Bertz CT molecular complexity index is 404. The molecule has 0 aromatic carbocycles. The first-order chi connectivity index (χ1) is 10.2. The van der Waals surface area contributed by atoms with Gasteiger partial charge < -0.3 is 19.1 Å². The smallest absolute Gasteiger partial charge is 0.410 e. The van der Waals surface area contributed by atoms with Gasteiger partial charge in [0.2, 0.25) is 0 Å². The van der Waals surface area contributed by atoms with E-state index in [9.17, 15) is 14.4 Å². The number of carbonyl (C=O) groups excluding carboxylic acids is 3. The number of hydrogen-bond acceptors (Lipinski definition) is 6. The van der Waals surface area contributed by atoms with Gasteiger partial charge in [-0.05, 0) is 39.5 Å². The quantitative estimate of drug-likeness (QED) is 0.447. The second-order valence-corrected chi connectivity index (χ2v) is 6.33. The van der Waals surface area contributed by atoms with Gasteiger partial charge in [0.15, 0.2) is 5.92 Å². The van der Waals surface area contributed by atoms with Gasteiger partial charge in [-0.25, -0.2) is 4.79 Å². The summed E-state index contributed by atoms with van der Waals surface area (Å²) in [6.07, 6.45) is 0.668. The summed E-state index contributed by atoms with van der Waals surface area (Å²) in [5.74, 6) is -2.32. The van der Waals surface area contributed by atoms with Crippen LogP contribution in [0.15, 0.2) is 0 Å². The van der Waals surface area contributed by atoms with Gasteiger partial charge in [0, 0.05) is 13.1 Å². The van der Waals surface area contributed by atoms with Crippen LogP contribution >= 0.6 is 0 Å². The number of rotatable bonds is 3. The number of methoxy groups -OCH3 is 2. The SMILES string of the molecule is COC(=O)C(C(=O)OC)C1CCN(C(=O)OC(C)(C)C)CC1. The Morgan fingerprint density at radius 1 is 1.00 bits per heavy atom. The van der Waals surface area contributed by atoms with Crippen LogP contribution in [0, 0.1) is 11.8 Å². The van der Waals surface area contributed by atoms with Crippen LogP contribution in [0.2, 0.25) is 0 Å². The molecule has 1 fully saturated rings. The molecule has 0 radical (unpaired) electrons. The highest BCUT2D eigenvalue weighted by molar-refractivity contribution is 5.95. The number of hydrogen-bond donors (Lipinski definition) is 0. The molecule has 0 spiro atoms. The minimum absolute atomic E-state index is 0.196. The maximum absolute atomic E-state index is 12.0. The van der Waals surface area contributed by atoms with Gasteiger partial charge in [0.05, 0.1) is 14.2 Å². The molecular formula is C15H25NO6. The number of ether oxygens (including phenoxy) is 3. The highest BCUT2D eigenvalue weighted by atomic mass is 16.6. The lowest BCUT2D eigenvalue weighted by atomic mass is 9.84. The molecule has 7 nitrogen and oxygen atoms in total. The van der Waals surface area contributed by atoms with Crippen molar-refractivity contribution in [3.05, 3.63) is 0 Å². The van der Waals surface area contributed by atoms with E-state index < -0.39 is 23.5 Å². The number of likely N-dealkylation sites (tertiary alicyclic amines) is 1. The summed E-state index contributed by atoms with van der Waals surface area (Å²) < 4.78 is 14.7. The van der Waals surface area contributed by atoms with Crippen LogP contribution in [-0.4, -0.2) is 55.8 Å². The fraction of sp³-hybridized carbons (Fsp3) is 0.800. The largest absolute Gasteiger partial charge is 0.468 e. The van der Waals surface area contributed by atoms with Crippen molar-refractivity contribution in [3.8, 4) is 0 Å². The minimum Gasteiger partial charge on any atom is -0.468 e. The predicted molar refractivity (Wildman–Crippen MR) is 78.1 cm³/mol. The van der Waals surface area contributed by atoms with Crippen molar-refractivity contribution >= 4 is 18.0 Å². The molecule has 0 saturated carbocycles. The van der Waals surface area contributed by atoms with Gasteiger partial charge in [-0.15, -0.1) is 0 Å². The molecule has 7 heteroatoms. The van der Waals surface area contributed by atoms with Crippen LogP contribution in [0.5, 0.6) is 0 Å². The fourth-order valence-electron chi connectivity index (χ4n) is 2.48. The van der Waals surface area contributed by atoms with E-state index >= 15 is 0 Å². The predicted octanol–water partition coefficient (Wildman–Crippen LogP) is 1.60. The molecule has 0 aliphatic carbocycles. The lowest BCUT2D eigenvalue weighted by molar-refractivity contribution is -0.162. The summed E-state index contributed by atoms with van der Waals surface area (Å²) in [4.78, 5) is 37.2. The molecule has 0 N–H and O–H groups in total. The molecule has 0 unspecified atom stereocenters. The van der Waals surface area contributed by atoms with Crippen molar-refractivity contribution in [2.75, 3.05) is 27.3 Å². The molecule has 0 bridgehead atoms. The molecule has 1 aliphatic rings. The molecule has 1 saturated heterocycles. The van der Waals surface area contributed by atoms with E-state index in [2.05, 4.69) is 9.47 Å². The van der Waals surface area contributed by atoms with E-state index in [1.165, 1.54) is 14.2 Å². The zero-order chi connectivity index (χ0) is 16.9. The second kappa shape index (κ2) is 7.47. The van der Waals surface area contributed by atoms with Gasteiger partial charge in [-0.1, -0.05) is 0 Å². The molecule has 1 aliphatic heterocycles. The monoisotopic (exact) mass is 315 g/mol. The van der Waals surface area contributed by atoms with Gasteiger partial charge >= 0.3 is 18.0 Å². The number of carbonyl (C=O) groups is 3. The maximum atomic E-state index is 12.0. The molecule has 126 valence electrons. The van der Waals surface area contributed by atoms with Crippen LogP contribution in [0.1, 0.15) is 33.6 Å². The van der Waals surface area contributed by atoms with E-state index in [0.717, 1.165) is 0 Å². The van der Waals surface area contributed by atoms with Crippen LogP contribution < -0.4 is 0 Å². The Kier molecular flexibility index (Phi) is 6.20. The van der Waals surface area contributed by atoms with Crippen LogP contribution in [0.25, 0.3) is 0 Å². The Morgan fingerprint density at radius 3 is 1.82 bits per heavy atom. The minimum atomic E-state index is -0.934. The first-order valence-electron chi connectivity index (χ1n) is 7.33. The normalized spacial score (nSPS) is 16.4. The van der Waals surface area contributed by atoms with Crippen LogP contribution in [-0.2, 0) is 23.8 Å². The van der Waals surface area contributed by atoms with Crippen molar-refractivity contribution in [2.24, 2.45) is 11.8 Å². The van der Waals surface area contributed by atoms with E-state index in [-0.39, 0.29) is 12.0 Å². The Balaban J connectivity index is 2.64. The van der Waals surface area contributed by atoms with Gasteiger partial charge in [0.1, 0.15) is 5.60 Å². The van der Waals surface area contributed by atoms with Crippen molar-refractivity contribution < 1.29 is 28.6 Å². The second-order valence-electron chi connectivity index (χ2n) is 6.33. The van der Waals surface area contributed by atoms with Gasteiger partial charge in [0.25, 0.3) is 0 Å². The summed E-state index contributed by atoms with van der Waals surface area (Å²) in [5.41, 5.74) is -0.547. The van der Waals surface area contributed by atoms with Crippen LogP contribution in [0.4, 0.5) is 4.79 Å². The number of esters is 2. The molecule has 1 heterocycles. The molecule has 0 aromatic heterocycles. The third-order valence-electron chi connectivity index (χ3n) is 3.57. The Morgan fingerprint density at radius 2 is 1.45 bits per heavy atom. The lowest BCUT2D eigenvalue weighted by Gasteiger charge is -2.35. The van der Waals surface area contributed by atoms with Crippen molar-refractivity contribution in [2.45, 2.75) is 39.2 Å². The van der Waals surface area contributed by atoms with Crippen molar-refractivity contribution in [3.63, 3.8) is 0 Å². The van der Waals surface area contributed by atoms with E-state index in [1.807, 2.05) is 20.8 Å². The summed E-state index contributed by atoms with van der Waals surface area (Å²) >= 11 is 0. The Hall–Kier alpha value is -1.79. The maximum Gasteiger partial charge on any atom is 0.410 e. The summed E-state index contributed by atoms with van der Waals surface area (Å²) in [5, 5.41) is 0. The van der Waals surface area contributed by atoms with Crippen LogP contribution in [0.3, 0.4) is 0 Å². The highest BCUT2D eigenvalue weighted by Gasteiger charge is 2.39. The van der Waals surface area contributed by atoms with E-state index in [0.29, 0.717) is 25.9 Å². The molecule has 1 rings (SSSR count). The highest BCUT2D eigenvalue weighted by Crippen LogP contribution is 2.28. The zero-order valence-electron chi connectivity index (χ0n) is 13.9. The lowest BCUT2D eigenvalue weighted by Crippen LogP contribution is -2.45. The fourth-order valence-corrected chi connectivity index (χ4v) is 2.48. The van der Waals surface area contributed by atoms with E-state index in [1.54, 1.807) is 4.90 Å². The third kappa shape index (κ3) is 4.89. The van der Waals surface area contributed by atoms with E-state index in [4.69, 9.17) is 4.74 Å². The molecular weight excluding hydrogens is 290 g/mol. The summed E-state index contributed by atoms with van der Waals surface area (Å²) in [6, 6.07) is 0. The standard InChI is InChI=1S/C15H25NO6/c1-15(2,3)22-14(19)16-8-6-10(7-9-16)11(12(17)20-4)13(18)21-5/h10-11H,6-9H2,1-5H3. The van der Waals surface area contributed by atoms with Gasteiger partial charge in [-0.3, -0.25) is 9.59 Å². The molecule has 0 aromatic rings. The van der Waals surface area contributed by atoms with Gasteiger partial charge in [-0.2, -0.15) is 0 Å².